The van der Waals surface area contributed by atoms with E-state index < -0.39 is 0 Å². The number of hydrogen-bond donors (Lipinski definition) is 2. The summed E-state index contributed by atoms with van der Waals surface area (Å²) in [7, 11) is 0. The summed E-state index contributed by atoms with van der Waals surface area (Å²) in [4.78, 5) is 40.4. The number of thiophene rings is 1. The van der Waals surface area contributed by atoms with Crippen LogP contribution in [0.25, 0.3) is 10.2 Å². The number of aromatic nitrogens is 2. The average molecular weight is 440 g/mol. The Bertz CT molecular complexity index is 1140. The summed E-state index contributed by atoms with van der Waals surface area (Å²) in [6.45, 7) is 2.48. The number of amides is 1. The number of rotatable bonds is 7. The van der Waals surface area contributed by atoms with Gasteiger partial charge in [-0.05, 0) is 68.4 Å². The van der Waals surface area contributed by atoms with E-state index in [1.807, 2.05) is 23.6 Å². The second kappa shape index (κ2) is 9.64. The van der Waals surface area contributed by atoms with Gasteiger partial charge < -0.3 is 10.3 Å². The number of H-pyrrole nitrogens is 1. The first-order chi connectivity index (χ1) is 15.0. The molecule has 31 heavy (non-hydrogen) atoms. The quantitative estimate of drug-likeness (QED) is 0.589. The Morgan fingerprint density at radius 1 is 1.16 bits per heavy atom. The third-order valence-electron chi connectivity index (χ3n) is 6.35. The Morgan fingerprint density at radius 3 is 2.65 bits per heavy atom. The fraction of sp³-hybridized carbons (Fsp3) is 0.458. The summed E-state index contributed by atoms with van der Waals surface area (Å²) in [5.41, 5.74) is 1.34. The molecule has 4 rings (SSSR count). The normalized spacial score (nSPS) is 19.9. The summed E-state index contributed by atoms with van der Waals surface area (Å²) in [6, 6.07) is 12.2. The molecule has 3 aromatic rings. The molecule has 1 saturated carbocycles. The molecule has 164 valence electrons. The zero-order valence-electron chi connectivity index (χ0n) is 17.8. The molecule has 1 aromatic carbocycles. The van der Waals surface area contributed by atoms with Crippen LogP contribution in [0.4, 0.5) is 0 Å². The van der Waals surface area contributed by atoms with E-state index in [1.54, 1.807) is 6.07 Å². The summed E-state index contributed by atoms with van der Waals surface area (Å²) in [5.74, 6) is 0.398. The number of hydrogen-bond acceptors (Lipinski definition) is 4. The van der Waals surface area contributed by atoms with E-state index in [0.717, 1.165) is 38.5 Å². The van der Waals surface area contributed by atoms with Gasteiger partial charge in [0.2, 0.25) is 5.91 Å². The standard InChI is InChI=1S/C24H29N3O3S/c1-16(7-8-17-5-3-2-4-6-17)25-22(28)19-11-9-18(10-12-19)15-27-23(29)21-20(13-14-31-21)26-24(27)30/h2-6,13-14,16,18-19H,7-12,15H2,1H3,(H,25,28)(H,26,30)/t16-,18?,19?/m1/s1. The highest BCUT2D eigenvalue weighted by Crippen LogP contribution is 2.30. The lowest BCUT2D eigenvalue weighted by Crippen LogP contribution is -2.40. The Morgan fingerprint density at radius 2 is 1.90 bits per heavy atom. The number of carbonyl (C=O) groups excluding carboxylic acids is 1. The van der Waals surface area contributed by atoms with Crippen molar-refractivity contribution in [3.8, 4) is 0 Å². The summed E-state index contributed by atoms with van der Waals surface area (Å²) in [6.07, 6.45) is 5.18. The minimum absolute atomic E-state index is 0.0187. The van der Waals surface area contributed by atoms with Crippen LogP contribution in [0.3, 0.4) is 0 Å². The Hall–Kier alpha value is -2.67. The maximum atomic E-state index is 12.7. The maximum Gasteiger partial charge on any atom is 0.328 e. The molecular formula is C24H29N3O3S. The van der Waals surface area contributed by atoms with Crippen LogP contribution in [0.2, 0.25) is 0 Å². The Kier molecular flexibility index (Phi) is 6.70. The zero-order chi connectivity index (χ0) is 21.8. The van der Waals surface area contributed by atoms with E-state index in [2.05, 4.69) is 29.4 Å². The SMILES string of the molecule is C[C@H](CCc1ccccc1)NC(=O)C1CCC(Cn2c(=O)[nH]c3ccsc3c2=O)CC1. The minimum atomic E-state index is -0.344. The average Bonchev–Trinajstić information content (AvgIpc) is 3.25. The predicted molar refractivity (Wildman–Crippen MR) is 125 cm³/mol. The summed E-state index contributed by atoms with van der Waals surface area (Å²) >= 11 is 1.35. The first-order valence-electron chi connectivity index (χ1n) is 11.1. The second-order valence-electron chi connectivity index (χ2n) is 8.66. The highest BCUT2D eigenvalue weighted by atomic mass is 32.1. The highest BCUT2D eigenvalue weighted by molar-refractivity contribution is 7.17. The molecule has 2 heterocycles. The number of aromatic amines is 1. The van der Waals surface area contributed by atoms with Gasteiger partial charge in [0.25, 0.3) is 5.56 Å². The van der Waals surface area contributed by atoms with E-state index in [1.165, 1.54) is 21.5 Å². The fourth-order valence-electron chi connectivity index (χ4n) is 4.46. The number of carbonyl (C=O) groups is 1. The molecule has 0 saturated heterocycles. The van der Waals surface area contributed by atoms with Crippen LogP contribution >= 0.6 is 11.3 Å². The zero-order valence-corrected chi connectivity index (χ0v) is 18.6. The molecule has 7 heteroatoms. The third kappa shape index (κ3) is 5.15. The van der Waals surface area contributed by atoms with Gasteiger partial charge in [0, 0.05) is 18.5 Å². The van der Waals surface area contributed by atoms with E-state index in [9.17, 15) is 14.4 Å². The lowest BCUT2D eigenvalue weighted by atomic mass is 9.81. The van der Waals surface area contributed by atoms with Crippen LogP contribution < -0.4 is 16.6 Å². The van der Waals surface area contributed by atoms with Gasteiger partial charge in [0.1, 0.15) is 4.70 Å². The van der Waals surface area contributed by atoms with E-state index in [-0.39, 0.29) is 35.0 Å². The van der Waals surface area contributed by atoms with Crippen molar-refractivity contribution in [3.05, 3.63) is 68.2 Å². The van der Waals surface area contributed by atoms with Gasteiger partial charge in [-0.3, -0.25) is 14.2 Å². The van der Waals surface area contributed by atoms with Crippen molar-refractivity contribution < 1.29 is 4.79 Å². The van der Waals surface area contributed by atoms with Gasteiger partial charge in [-0.2, -0.15) is 0 Å². The molecular weight excluding hydrogens is 410 g/mol. The predicted octanol–water partition coefficient (Wildman–Crippen LogP) is 3.70. The number of nitrogens with zero attached hydrogens (tertiary/aromatic N) is 1. The number of nitrogens with one attached hydrogen (secondary N) is 2. The van der Waals surface area contributed by atoms with Crippen LogP contribution in [-0.4, -0.2) is 21.5 Å². The van der Waals surface area contributed by atoms with Gasteiger partial charge in [-0.25, -0.2) is 4.79 Å². The minimum Gasteiger partial charge on any atom is -0.353 e. The van der Waals surface area contributed by atoms with Gasteiger partial charge >= 0.3 is 5.69 Å². The third-order valence-corrected chi connectivity index (χ3v) is 7.25. The molecule has 1 aliphatic rings. The number of benzene rings is 1. The lowest BCUT2D eigenvalue weighted by molar-refractivity contribution is -0.126. The number of aryl methyl sites for hydroxylation is 1. The monoisotopic (exact) mass is 439 g/mol. The van der Waals surface area contributed by atoms with Gasteiger partial charge in [0.15, 0.2) is 0 Å². The van der Waals surface area contributed by atoms with E-state index in [4.69, 9.17) is 0 Å². The molecule has 0 aliphatic heterocycles. The first kappa shape index (κ1) is 21.6. The molecule has 0 bridgehead atoms. The Balaban J connectivity index is 1.27. The Labute approximate surface area is 185 Å². The molecule has 0 unspecified atom stereocenters. The largest absolute Gasteiger partial charge is 0.353 e. The van der Waals surface area contributed by atoms with Crippen molar-refractivity contribution >= 4 is 27.5 Å². The van der Waals surface area contributed by atoms with Crippen molar-refractivity contribution in [1.82, 2.24) is 14.9 Å². The van der Waals surface area contributed by atoms with Gasteiger partial charge in [0.05, 0.1) is 5.52 Å². The molecule has 0 spiro atoms. The maximum absolute atomic E-state index is 12.7. The lowest BCUT2D eigenvalue weighted by Gasteiger charge is -2.29. The van der Waals surface area contributed by atoms with Crippen molar-refractivity contribution in [2.75, 3.05) is 0 Å². The van der Waals surface area contributed by atoms with Crippen LogP contribution in [-0.2, 0) is 17.8 Å². The summed E-state index contributed by atoms with van der Waals surface area (Å²) < 4.78 is 1.92. The van der Waals surface area contributed by atoms with Crippen LogP contribution in [0.5, 0.6) is 0 Å². The fourth-order valence-corrected chi connectivity index (χ4v) is 5.26. The molecule has 1 atom stereocenters. The molecule has 1 aliphatic carbocycles. The van der Waals surface area contributed by atoms with Crippen LogP contribution in [0.15, 0.2) is 51.4 Å². The van der Waals surface area contributed by atoms with Gasteiger partial charge in [-0.1, -0.05) is 30.3 Å². The molecule has 2 N–H and O–H groups in total. The van der Waals surface area contributed by atoms with Crippen LogP contribution in [0.1, 0.15) is 44.6 Å². The van der Waals surface area contributed by atoms with Crippen molar-refractivity contribution in [2.24, 2.45) is 11.8 Å². The molecule has 2 aromatic heterocycles. The van der Waals surface area contributed by atoms with Crippen molar-refractivity contribution in [1.29, 1.82) is 0 Å². The highest BCUT2D eigenvalue weighted by Gasteiger charge is 2.27. The first-order valence-corrected chi connectivity index (χ1v) is 11.9. The molecule has 1 amide bonds. The number of fused-ring (bicyclic) bond motifs is 1. The smallest absolute Gasteiger partial charge is 0.328 e. The van der Waals surface area contributed by atoms with E-state index in [0.29, 0.717) is 16.8 Å². The van der Waals surface area contributed by atoms with Crippen molar-refractivity contribution in [3.63, 3.8) is 0 Å². The molecule has 0 radical (unpaired) electrons. The van der Waals surface area contributed by atoms with E-state index >= 15 is 0 Å². The second-order valence-corrected chi connectivity index (χ2v) is 9.58. The van der Waals surface area contributed by atoms with Gasteiger partial charge in [-0.15, -0.1) is 11.3 Å². The molecule has 1 fully saturated rings. The van der Waals surface area contributed by atoms with Crippen molar-refractivity contribution in [2.45, 2.75) is 58.0 Å². The summed E-state index contributed by atoms with van der Waals surface area (Å²) in [5, 5.41) is 4.99. The molecule has 6 nitrogen and oxygen atoms in total. The topological polar surface area (TPSA) is 84.0 Å². The van der Waals surface area contributed by atoms with Crippen LogP contribution in [0, 0.1) is 11.8 Å².